The molecule has 8 heteroatoms. The largest absolute Gasteiger partial charge is 0.453 e. The van der Waals surface area contributed by atoms with E-state index in [1.54, 1.807) is 0 Å². The number of pyridine rings is 1. The van der Waals surface area contributed by atoms with Gasteiger partial charge in [-0.1, -0.05) is 0 Å². The lowest BCUT2D eigenvalue weighted by atomic mass is 10.2. The number of methoxy groups -OCH3 is 1. The molecule has 0 radical (unpaired) electrons. The summed E-state index contributed by atoms with van der Waals surface area (Å²) < 4.78 is 43.0. The van der Waals surface area contributed by atoms with Crippen LogP contribution < -0.4 is 5.32 Å². The zero-order valence-electron chi connectivity index (χ0n) is 10.8. The molecule has 0 aromatic carbocycles. The number of likely N-dealkylation sites (tertiary alicyclic amines) is 1. The second kappa shape index (κ2) is 5.56. The smallest absolute Gasteiger partial charge is 0.419 e. The summed E-state index contributed by atoms with van der Waals surface area (Å²) in [5, 5.41) is 2.74. The number of carbonyl (C=O) groups is 1. The molecule has 0 spiro atoms. The molecule has 1 N–H and O–H groups in total. The van der Waals surface area contributed by atoms with Gasteiger partial charge in [-0.3, -0.25) is 0 Å². The van der Waals surface area contributed by atoms with Crippen molar-refractivity contribution in [2.75, 3.05) is 25.5 Å². The fraction of sp³-hybridized carbons (Fsp3) is 0.500. The van der Waals surface area contributed by atoms with Crippen LogP contribution in [0.3, 0.4) is 0 Å². The molecule has 0 bridgehead atoms. The summed E-state index contributed by atoms with van der Waals surface area (Å²) in [6, 6.07) is 1.94. The Morgan fingerprint density at radius 3 is 2.95 bits per heavy atom. The third-order valence-electron chi connectivity index (χ3n) is 3.08. The van der Waals surface area contributed by atoms with E-state index in [4.69, 9.17) is 0 Å². The summed E-state index contributed by atoms with van der Waals surface area (Å²) in [5.41, 5.74) is -0.809. The highest BCUT2D eigenvalue weighted by atomic mass is 19.4. The summed E-state index contributed by atoms with van der Waals surface area (Å²) >= 11 is 0. The molecule has 20 heavy (non-hydrogen) atoms. The Labute approximate surface area is 113 Å². The average Bonchev–Trinajstić information content (AvgIpc) is 2.86. The van der Waals surface area contributed by atoms with Crippen LogP contribution >= 0.6 is 0 Å². The fourth-order valence-electron chi connectivity index (χ4n) is 2.12. The normalized spacial score (nSPS) is 19.0. The Morgan fingerprint density at radius 1 is 1.55 bits per heavy atom. The summed E-state index contributed by atoms with van der Waals surface area (Å²) in [6.45, 7) is 0.735. The lowest BCUT2D eigenvalue weighted by Gasteiger charge is -2.18. The lowest BCUT2D eigenvalue weighted by molar-refractivity contribution is -0.137. The molecule has 2 heterocycles. The van der Waals surface area contributed by atoms with Crippen molar-refractivity contribution in [3.05, 3.63) is 23.9 Å². The number of ether oxygens (including phenoxy) is 1. The number of amides is 1. The van der Waals surface area contributed by atoms with E-state index in [1.165, 1.54) is 24.3 Å². The van der Waals surface area contributed by atoms with Gasteiger partial charge in [-0.25, -0.2) is 9.78 Å². The molecule has 0 saturated carbocycles. The van der Waals surface area contributed by atoms with Crippen LogP contribution in [-0.4, -0.2) is 42.2 Å². The minimum absolute atomic E-state index is 0.211. The zero-order valence-corrected chi connectivity index (χ0v) is 10.8. The van der Waals surface area contributed by atoms with Gasteiger partial charge in [0.05, 0.1) is 12.7 Å². The lowest BCUT2D eigenvalue weighted by Crippen LogP contribution is -2.31. The van der Waals surface area contributed by atoms with Crippen molar-refractivity contribution in [3.63, 3.8) is 0 Å². The van der Waals surface area contributed by atoms with Crippen molar-refractivity contribution >= 4 is 11.9 Å². The predicted octanol–water partition coefficient (Wildman–Crippen LogP) is 2.35. The van der Waals surface area contributed by atoms with Gasteiger partial charge in [0.25, 0.3) is 0 Å². The SMILES string of the molecule is COC(=O)N1CC[C@H](Nc2ncccc2C(F)(F)F)C1. The monoisotopic (exact) mass is 289 g/mol. The van der Waals surface area contributed by atoms with E-state index in [2.05, 4.69) is 15.0 Å². The average molecular weight is 289 g/mol. The third-order valence-corrected chi connectivity index (χ3v) is 3.08. The Bertz CT molecular complexity index is 493. The Kier molecular flexibility index (Phi) is 4.01. The van der Waals surface area contributed by atoms with Gasteiger partial charge in [-0.15, -0.1) is 0 Å². The number of alkyl halides is 3. The van der Waals surface area contributed by atoms with E-state index in [0.717, 1.165) is 6.07 Å². The van der Waals surface area contributed by atoms with Crippen LogP contribution in [0.4, 0.5) is 23.8 Å². The van der Waals surface area contributed by atoms with Crippen molar-refractivity contribution in [2.24, 2.45) is 0 Å². The van der Waals surface area contributed by atoms with Crippen LogP contribution in [0.1, 0.15) is 12.0 Å². The Morgan fingerprint density at radius 2 is 2.30 bits per heavy atom. The number of hydrogen-bond donors (Lipinski definition) is 1. The highest BCUT2D eigenvalue weighted by Gasteiger charge is 2.35. The number of aromatic nitrogens is 1. The van der Waals surface area contributed by atoms with Crippen molar-refractivity contribution in [2.45, 2.75) is 18.6 Å². The number of rotatable bonds is 2. The molecule has 1 aliphatic heterocycles. The standard InChI is InChI=1S/C12H14F3N3O2/c1-20-11(19)18-6-4-8(7-18)17-10-9(12(13,14)15)3-2-5-16-10/h2-3,5,8H,4,6-7H2,1H3,(H,16,17)/t8-/m0/s1. The summed E-state index contributed by atoms with van der Waals surface area (Å²) in [4.78, 5) is 16.5. The molecule has 1 atom stereocenters. The first-order valence-corrected chi connectivity index (χ1v) is 6.03. The van der Waals surface area contributed by atoms with Gasteiger partial charge in [-0.05, 0) is 18.6 Å². The van der Waals surface area contributed by atoms with Gasteiger partial charge in [0.2, 0.25) is 0 Å². The molecular formula is C12H14F3N3O2. The van der Waals surface area contributed by atoms with Crippen LogP contribution in [0.2, 0.25) is 0 Å². The first kappa shape index (κ1) is 14.4. The molecule has 1 aromatic rings. The van der Waals surface area contributed by atoms with Crippen LogP contribution in [0.15, 0.2) is 18.3 Å². The van der Waals surface area contributed by atoms with Crippen molar-refractivity contribution < 1.29 is 22.7 Å². The molecule has 1 aliphatic rings. The van der Waals surface area contributed by atoms with E-state index in [9.17, 15) is 18.0 Å². The quantitative estimate of drug-likeness (QED) is 0.908. The minimum atomic E-state index is -4.46. The molecule has 1 amide bonds. The summed E-state index contributed by atoms with van der Waals surface area (Å²) in [6.07, 6.45) is -3.10. The molecule has 1 saturated heterocycles. The number of hydrogen-bond acceptors (Lipinski definition) is 4. The second-order valence-electron chi connectivity index (χ2n) is 4.44. The van der Waals surface area contributed by atoms with E-state index in [-0.39, 0.29) is 11.9 Å². The maximum absolute atomic E-state index is 12.8. The second-order valence-corrected chi connectivity index (χ2v) is 4.44. The van der Waals surface area contributed by atoms with Gasteiger partial charge in [0.15, 0.2) is 0 Å². The maximum atomic E-state index is 12.8. The third kappa shape index (κ3) is 3.12. The van der Waals surface area contributed by atoms with Crippen LogP contribution in [0.25, 0.3) is 0 Å². The van der Waals surface area contributed by atoms with E-state index >= 15 is 0 Å². The van der Waals surface area contributed by atoms with Crippen LogP contribution in [0, 0.1) is 0 Å². The van der Waals surface area contributed by atoms with E-state index in [0.29, 0.717) is 19.5 Å². The first-order valence-electron chi connectivity index (χ1n) is 6.03. The molecule has 1 aromatic heterocycles. The Hall–Kier alpha value is -1.99. The van der Waals surface area contributed by atoms with Crippen LogP contribution in [0.5, 0.6) is 0 Å². The molecule has 2 rings (SSSR count). The van der Waals surface area contributed by atoms with Gasteiger partial charge in [0.1, 0.15) is 5.82 Å². The number of nitrogens with one attached hydrogen (secondary N) is 1. The number of halogens is 3. The van der Waals surface area contributed by atoms with Gasteiger partial charge in [-0.2, -0.15) is 13.2 Å². The van der Waals surface area contributed by atoms with Crippen LogP contribution in [-0.2, 0) is 10.9 Å². The number of carbonyl (C=O) groups excluding carboxylic acids is 1. The number of nitrogens with zero attached hydrogens (tertiary/aromatic N) is 2. The fourth-order valence-corrected chi connectivity index (χ4v) is 2.12. The molecule has 5 nitrogen and oxygen atoms in total. The minimum Gasteiger partial charge on any atom is -0.453 e. The molecular weight excluding hydrogens is 275 g/mol. The highest BCUT2D eigenvalue weighted by Crippen LogP contribution is 2.34. The van der Waals surface area contributed by atoms with Gasteiger partial charge >= 0.3 is 12.3 Å². The Balaban J connectivity index is 2.07. The van der Waals surface area contributed by atoms with Crippen molar-refractivity contribution in [1.29, 1.82) is 0 Å². The predicted molar refractivity (Wildman–Crippen MR) is 65.2 cm³/mol. The van der Waals surface area contributed by atoms with Gasteiger partial charge < -0.3 is 15.0 Å². The van der Waals surface area contributed by atoms with Crippen molar-refractivity contribution in [3.8, 4) is 0 Å². The van der Waals surface area contributed by atoms with Crippen molar-refractivity contribution in [1.82, 2.24) is 9.88 Å². The topological polar surface area (TPSA) is 54.5 Å². The van der Waals surface area contributed by atoms with E-state index < -0.39 is 17.8 Å². The first-order chi connectivity index (χ1) is 9.41. The number of anilines is 1. The maximum Gasteiger partial charge on any atom is 0.419 e. The molecule has 0 aliphatic carbocycles. The molecule has 0 unspecified atom stereocenters. The zero-order chi connectivity index (χ0) is 14.8. The summed E-state index contributed by atoms with van der Waals surface area (Å²) in [7, 11) is 1.27. The molecule has 1 fully saturated rings. The van der Waals surface area contributed by atoms with Gasteiger partial charge in [0, 0.05) is 25.3 Å². The molecule has 110 valence electrons. The summed E-state index contributed by atoms with van der Waals surface area (Å²) in [5.74, 6) is -0.211. The highest BCUT2D eigenvalue weighted by molar-refractivity contribution is 5.68. The van der Waals surface area contributed by atoms with E-state index in [1.807, 2.05) is 0 Å².